The van der Waals surface area contributed by atoms with E-state index in [-0.39, 0.29) is 18.3 Å². The van der Waals surface area contributed by atoms with Crippen molar-refractivity contribution in [1.29, 1.82) is 0 Å². The number of thiazole rings is 1. The Morgan fingerprint density at radius 2 is 2.07 bits per heavy atom. The second-order valence-electron chi connectivity index (χ2n) is 6.13. The maximum atomic E-state index is 12.3. The first-order valence-corrected chi connectivity index (χ1v) is 9.80. The van der Waals surface area contributed by atoms with Gasteiger partial charge >= 0.3 is 5.97 Å². The van der Waals surface area contributed by atoms with Crippen molar-refractivity contribution < 1.29 is 14.3 Å². The van der Waals surface area contributed by atoms with Crippen LogP contribution >= 0.6 is 11.3 Å². The van der Waals surface area contributed by atoms with Gasteiger partial charge in [-0.1, -0.05) is 6.07 Å². The van der Waals surface area contributed by atoms with E-state index < -0.39 is 0 Å². The number of ether oxygens (including phenoxy) is 1. The molecule has 1 saturated heterocycles. The van der Waals surface area contributed by atoms with Crippen LogP contribution in [0.1, 0.15) is 12.6 Å². The van der Waals surface area contributed by atoms with Gasteiger partial charge in [-0.25, -0.2) is 9.97 Å². The average Bonchev–Trinajstić information content (AvgIpc) is 3.09. The Balaban J connectivity index is 1.42. The molecule has 2 aromatic heterocycles. The molecule has 3 rings (SSSR count). The van der Waals surface area contributed by atoms with E-state index in [1.807, 2.05) is 18.2 Å². The van der Waals surface area contributed by atoms with Gasteiger partial charge in [0.05, 0.1) is 25.3 Å². The molecule has 0 saturated carbocycles. The predicted octanol–water partition coefficient (Wildman–Crippen LogP) is 1.40. The van der Waals surface area contributed by atoms with Gasteiger partial charge in [-0.3, -0.25) is 14.5 Å². The number of pyridine rings is 1. The first-order chi connectivity index (χ1) is 13.1. The summed E-state index contributed by atoms with van der Waals surface area (Å²) in [6, 6.07) is 5.88. The van der Waals surface area contributed by atoms with E-state index in [4.69, 9.17) is 4.74 Å². The van der Waals surface area contributed by atoms with Crippen LogP contribution in [-0.2, 0) is 20.7 Å². The lowest BCUT2D eigenvalue weighted by molar-refractivity contribution is -0.142. The van der Waals surface area contributed by atoms with Crippen LogP contribution in [0.2, 0.25) is 0 Å². The van der Waals surface area contributed by atoms with Gasteiger partial charge in [0.15, 0.2) is 5.13 Å². The lowest BCUT2D eigenvalue weighted by Gasteiger charge is -2.34. The third-order valence-corrected chi connectivity index (χ3v) is 4.95. The highest BCUT2D eigenvalue weighted by Gasteiger charge is 2.20. The third-order valence-electron chi connectivity index (χ3n) is 4.14. The van der Waals surface area contributed by atoms with E-state index in [0.29, 0.717) is 24.0 Å². The van der Waals surface area contributed by atoms with Crippen molar-refractivity contribution in [3.8, 4) is 0 Å². The Morgan fingerprint density at radius 3 is 2.78 bits per heavy atom. The zero-order valence-electron chi connectivity index (χ0n) is 15.3. The third kappa shape index (κ3) is 5.73. The lowest BCUT2D eigenvalue weighted by Crippen LogP contribution is -2.48. The normalized spacial score (nSPS) is 14.8. The summed E-state index contributed by atoms with van der Waals surface area (Å²) in [6.07, 6.45) is 1.91. The molecule has 0 unspecified atom stereocenters. The molecule has 0 spiro atoms. The predicted molar refractivity (Wildman–Crippen MR) is 104 cm³/mol. The number of carbonyl (C=O) groups is 2. The summed E-state index contributed by atoms with van der Waals surface area (Å²) < 4.78 is 4.90. The Bertz CT molecular complexity index is 759. The fourth-order valence-corrected chi connectivity index (χ4v) is 3.57. The molecule has 0 bridgehead atoms. The van der Waals surface area contributed by atoms with Crippen molar-refractivity contribution in [2.45, 2.75) is 13.3 Å². The number of rotatable bonds is 7. The minimum absolute atomic E-state index is 0.0988. The second kappa shape index (κ2) is 9.43. The Morgan fingerprint density at radius 1 is 1.26 bits per heavy atom. The van der Waals surface area contributed by atoms with Crippen LogP contribution in [0.5, 0.6) is 0 Å². The fraction of sp³-hybridized carbons (Fsp3) is 0.444. The van der Waals surface area contributed by atoms with Crippen molar-refractivity contribution in [2.75, 3.05) is 49.5 Å². The highest BCUT2D eigenvalue weighted by Crippen LogP contribution is 2.17. The van der Waals surface area contributed by atoms with Crippen LogP contribution in [-0.4, -0.2) is 66.1 Å². The molecule has 27 heavy (non-hydrogen) atoms. The first kappa shape index (κ1) is 19.2. The summed E-state index contributed by atoms with van der Waals surface area (Å²) in [5.41, 5.74) is 0.609. The largest absolute Gasteiger partial charge is 0.466 e. The summed E-state index contributed by atoms with van der Waals surface area (Å²) in [7, 11) is 0. The van der Waals surface area contributed by atoms with Crippen molar-refractivity contribution in [2.24, 2.45) is 0 Å². The minimum Gasteiger partial charge on any atom is -0.466 e. The molecule has 1 amide bonds. The minimum atomic E-state index is -0.313. The van der Waals surface area contributed by atoms with E-state index in [0.717, 1.165) is 32.0 Å². The summed E-state index contributed by atoms with van der Waals surface area (Å²) in [5.74, 6) is 0.559. The molecule has 9 heteroatoms. The smallest absolute Gasteiger partial charge is 0.311 e. The zero-order chi connectivity index (χ0) is 19.1. The summed E-state index contributed by atoms with van der Waals surface area (Å²) in [4.78, 5) is 36.7. The highest BCUT2D eigenvalue weighted by molar-refractivity contribution is 7.13. The molecule has 1 aliphatic heterocycles. The van der Waals surface area contributed by atoms with Gasteiger partial charge in [0.2, 0.25) is 5.91 Å². The number of piperazine rings is 1. The zero-order valence-corrected chi connectivity index (χ0v) is 16.1. The molecular weight excluding hydrogens is 366 g/mol. The van der Waals surface area contributed by atoms with Gasteiger partial charge in [-0.2, -0.15) is 0 Å². The van der Waals surface area contributed by atoms with E-state index in [9.17, 15) is 9.59 Å². The van der Waals surface area contributed by atoms with E-state index in [1.165, 1.54) is 11.3 Å². The van der Waals surface area contributed by atoms with Gasteiger partial charge in [0.25, 0.3) is 0 Å². The molecular formula is C18H23N5O3S. The number of nitrogens with one attached hydrogen (secondary N) is 1. The van der Waals surface area contributed by atoms with Gasteiger partial charge in [-0.15, -0.1) is 11.3 Å². The van der Waals surface area contributed by atoms with Crippen LogP contribution < -0.4 is 10.2 Å². The Kier molecular flexibility index (Phi) is 6.72. The number of carbonyl (C=O) groups excluding carboxylic acids is 2. The standard InChI is InChI=1S/C18H23N5O3S/c1-2-26-17(25)11-14-13-27-18(20-14)21-16(24)12-22-7-9-23(10-8-22)15-5-3-4-6-19-15/h3-6,13H,2,7-12H2,1H3,(H,20,21,24). The number of hydrogen-bond acceptors (Lipinski definition) is 8. The maximum Gasteiger partial charge on any atom is 0.311 e. The summed E-state index contributed by atoms with van der Waals surface area (Å²) in [6.45, 7) is 5.71. The van der Waals surface area contributed by atoms with Gasteiger partial charge in [-0.05, 0) is 19.1 Å². The van der Waals surface area contributed by atoms with Gasteiger partial charge < -0.3 is 15.0 Å². The number of amides is 1. The first-order valence-electron chi connectivity index (χ1n) is 8.92. The highest BCUT2D eigenvalue weighted by atomic mass is 32.1. The van der Waals surface area contributed by atoms with Crippen LogP contribution in [0.3, 0.4) is 0 Å². The van der Waals surface area contributed by atoms with Gasteiger partial charge in [0, 0.05) is 37.8 Å². The van der Waals surface area contributed by atoms with Crippen LogP contribution in [0.4, 0.5) is 10.9 Å². The number of aromatic nitrogens is 2. The summed E-state index contributed by atoms with van der Waals surface area (Å²) >= 11 is 1.31. The molecule has 3 heterocycles. The second-order valence-corrected chi connectivity index (χ2v) is 6.98. The number of esters is 1. The monoisotopic (exact) mass is 389 g/mol. The van der Waals surface area contributed by atoms with Crippen LogP contribution in [0, 0.1) is 0 Å². The van der Waals surface area contributed by atoms with Crippen molar-refractivity contribution in [3.05, 3.63) is 35.5 Å². The number of nitrogens with zero attached hydrogens (tertiary/aromatic N) is 4. The molecule has 0 atom stereocenters. The molecule has 144 valence electrons. The van der Waals surface area contributed by atoms with E-state index in [2.05, 4.69) is 25.1 Å². The van der Waals surface area contributed by atoms with Crippen molar-refractivity contribution in [3.63, 3.8) is 0 Å². The fourth-order valence-electron chi connectivity index (χ4n) is 2.84. The average molecular weight is 389 g/mol. The molecule has 1 N–H and O–H groups in total. The summed E-state index contributed by atoms with van der Waals surface area (Å²) in [5, 5.41) is 5.07. The van der Waals surface area contributed by atoms with Gasteiger partial charge in [0.1, 0.15) is 5.82 Å². The SMILES string of the molecule is CCOC(=O)Cc1csc(NC(=O)CN2CCN(c3ccccn3)CC2)n1. The molecule has 0 aromatic carbocycles. The topological polar surface area (TPSA) is 87.7 Å². The van der Waals surface area contributed by atoms with Crippen LogP contribution in [0.25, 0.3) is 0 Å². The van der Waals surface area contributed by atoms with Crippen molar-refractivity contribution >= 4 is 34.2 Å². The Labute approximate surface area is 162 Å². The molecule has 0 aliphatic carbocycles. The number of hydrogen-bond donors (Lipinski definition) is 1. The van der Waals surface area contributed by atoms with E-state index >= 15 is 0 Å². The molecule has 2 aromatic rings. The molecule has 0 radical (unpaired) electrons. The maximum absolute atomic E-state index is 12.3. The van der Waals surface area contributed by atoms with Crippen molar-refractivity contribution in [1.82, 2.24) is 14.9 Å². The molecule has 8 nitrogen and oxygen atoms in total. The lowest BCUT2D eigenvalue weighted by atomic mass is 10.3. The molecule has 1 fully saturated rings. The quantitative estimate of drug-likeness (QED) is 0.716. The Hall–Kier alpha value is -2.52. The number of anilines is 2. The van der Waals surface area contributed by atoms with Crippen LogP contribution in [0.15, 0.2) is 29.8 Å². The van der Waals surface area contributed by atoms with E-state index in [1.54, 1.807) is 18.5 Å². The molecule has 1 aliphatic rings.